The number of carboxylic acid groups (broad SMARTS) is 1. The van der Waals surface area contributed by atoms with Crippen molar-refractivity contribution in [1.82, 2.24) is 5.32 Å². The number of aliphatic hydroxyl groups is 1. The fourth-order valence-electron chi connectivity index (χ4n) is 4.30. The summed E-state index contributed by atoms with van der Waals surface area (Å²) < 4.78 is 5.68. The van der Waals surface area contributed by atoms with Crippen LogP contribution in [0.25, 0.3) is 0 Å². The third kappa shape index (κ3) is 7.96. The summed E-state index contributed by atoms with van der Waals surface area (Å²) in [7, 11) is 0. The van der Waals surface area contributed by atoms with Gasteiger partial charge in [-0.25, -0.2) is 0 Å². The third-order valence-electron chi connectivity index (χ3n) is 5.81. The Kier molecular flexibility index (Phi) is 9.83. The zero-order valence-electron chi connectivity index (χ0n) is 18.6. The molecule has 0 saturated heterocycles. The third-order valence-corrected chi connectivity index (χ3v) is 6.10. The largest absolute Gasteiger partial charge is 0.489 e. The van der Waals surface area contributed by atoms with E-state index in [-0.39, 0.29) is 31.0 Å². The number of β-amino-alcohol motifs (C(OH)–C–C–N with tert-alkyl or cyclic N) is 1. The Morgan fingerprint density at radius 2 is 1.88 bits per heavy atom. The number of rotatable bonds is 11. The molecule has 1 unspecified atom stereocenters. The van der Waals surface area contributed by atoms with Gasteiger partial charge in [-0.15, -0.1) is 12.4 Å². The molecule has 0 saturated carbocycles. The number of nitrogens with one attached hydrogen (secondary N) is 1. The minimum Gasteiger partial charge on any atom is -0.489 e. The molecule has 1 aliphatic carbocycles. The quantitative estimate of drug-likeness (QED) is 0.433. The van der Waals surface area contributed by atoms with Crippen LogP contribution in [-0.2, 0) is 24.1 Å². The number of carbonyl (C=O) groups is 1. The van der Waals surface area contributed by atoms with Crippen LogP contribution in [0.15, 0.2) is 42.5 Å². The Morgan fingerprint density at radius 3 is 2.47 bits per heavy atom. The van der Waals surface area contributed by atoms with Crippen molar-refractivity contribution in [3.63, 3.8) is 0 Å². The van der Waals surface area contributed by atoms with Crippen LogP contribution in [0.2, 0.25) is 5.02 Å². The fraction of sp³-hybridized carbons (Fsp3) is 0.480. The van der Waals surface area contributed by atoms with E-state index in [1.54, 1.807) is 18.2 Å². The number of carboxylic acids is 1. The molecule has 0 aliphatic heterocycles. The molecule has 0 radical (unpaired) electrons. The van der Waals surface area contributed by atoms with Crippen LogP contribution in [0, 0.1) is 5.92 Å². The summed E-state index contributed by atoms with van der Waals surface area (Å²) in [6.07, 6.45) is 3.09. The van der Waals surface area contributed by atoms with Crippen molar-refractivity contribution in [1.29, 1.82) is 0 Å². The summed E-state index contributed by atoms with van der Waals surface area (Å²) in [5.41, 5.74) is 3.68. The number of fused-ring (bicyclic) bond motifs is 1. The molecule has 0 heterocycles. The number of hydrogen-bond acceptors (Lipinski definition) is 4. The number of ether oxygens (including phenoxy) is 1. The molecule has 0 aromatic heterocycles. The second-order valence-corrected chi connectivity index (χ2v) is 9.54. The van der Waals surface area contributed by atoms with Gasteiger partial charge in [-0.1, -0.05) is 41.9 Å². The van der Waals surface area contributed by atoms with E-state index in [1.807, 2.05) is 0 Å². The number of halogens is 2. The maximum Gasteiger partial charge on any atom is 0.303 e. The zero-order chi connectivity index (χ0) is 22.4. The molecule has 32 heavy (non-hydrogen) atoms. The van der Waals surface area contributed by atoms with Crippen molar-refractivity contribution in [3.05, 3.63) is 64.2 Å². The highest BCUT2D eigenvalue weighted by molar-refractivity contribution is 6.32. The Hall–Kier alpha value is -1.79. The van der Waals surface area contributed by atoms with Gasteiger partial charge in [0.15, 0.2) is 0 Å². The summed E-state index contributed by atoms with van der Waals surface area (Å²) >= 11 is 6.24. The van der Waals surface area contributed by atoms with Gasteiger partial charge in [0.25, 0.3) is 0 Å². The standard InChI is InChI=1S/C25H32ClNO4.ClH/c1-25(2,14-18-11-19-5-3-4-6-20(19)12-18)27-15-21(28)16-31-23-9-7-17(13-22(23)26)8-10-24(29)30;/h3-7,9,13,18,21,27-28H,8,10-12,14-16H2,1-2H3,(H,29,30);1H. The summed E-state index contributed by atoms with van der Waals surface area (Å²) in [5.74, 6) is 0.266. The molecule has 5 nitrogen and oxygen atoms in total. The van der Waals surface area contributed by atoms with Gasteiger partial charge in [0.05, 0.1) is 5.02 Å². The van der Waals surface area contributed by atoms with E-state index in [1.165, 1.54) is 11.1 Å². The van der Waals surface area contributed by atoms with Gasteiger partial charge in [0, 0.05) is 18.5 Å². The fourth-order valence-corrected chi connectivity index (χ4v) is 4.55. The SMILES string of the molecule is CC(C)(CC1Cc2ccccc2C1)NCC(O)COc1ccc(CCC(=O)O)cc1Cl.Cl. The molecular weight excluding hydrogens is 449 g/mol. The first kappa shape index (κ1) is 26.5. The topological polar surface area (TPSA) is 78.8 Å². The molecule has 3 rings (SSSR count). The second kappa shape index (κ2) is 11.9. The van der Waals surface area contributed by atoms with Crippen molar-refractivity contribution < 1.29 is 19.7 Å². The molecule has 1 atom stereocenters. The summed E-state index contributed by atoms with van der Waals surface area (Å²) in [5, 5.41) is 23.1. The Morgan fingerprint density at radius 1 is 1.22 bits per heavy atom. The lowest BCUT2D eigenvalue weighted by atomic mass is 9.88. The first-order valence-corrected chi connectivity index (χ1v) is 11.2. The van der Waals surface area contributed by atoms with Crippen LogP contribution in [0.3, 0.4) is 0 Å². The van der Waals surface area contributed by atoms with Gasteiger partial charge in [-0.3, -0.25) is 4.79 Å². The highest BCUT2D eigenvalue weighted by Crippen LogP contribution is 2.32. The van der Waals surface area contributed by atoms with E-state index in [4.69, 9.17) is 21.4 Å². The van der Waals surface area contributed by atoms with Gasteiger partial charge in [0.2, 0.25) is 0 Å². The van der Waals surface area contributed by atoms with E-state index < -0.39 is 12.1 Å². The van der Waals surface area contributed by atoms with E-state index in [0.29, 0.717) is 29.7 Å². The summed E-state index contributed by atoms with van der Waals surface area (Å²) in [4.78, 5) is 10.7. The molecular formula is C25H33Cl2NO4. The van der Waals surface area contributed by atoms with E-state index in [0.717, 1.165) is 24.8 Å². The van der Waals surface area contributed by atoms with Gasteiger partial charge in [-0.05, 0) is 74.3 Å². The summed E-state index contributed by atoms with van der Waals surface area (Å²) in [6.45, 7) is 4.92. The molecule has 2 aromatic carbocycles. The Bertz CT molecular complexity index is 878. The molecule has 3 N–H and O–H groups in total. The van der Waals surface area contributed by atoms with E-state index in [9.17, 15) is 9.90 Å². The number of aliphatic hydroxyl groups excluding tert-OH is 1. The van der Waals surface area contributed by atoms with Crippen molar-refractivity contribution in [2.24, 2.45) is 5.92 Å². The van der Waals surface area contributed by atoms with Gasteiger partial charge in [-0.2, -0.15) is 0 Å². The van der Waals surface area contributed by atoms with Crippen LogP contribution < -0.4 is 10.1 Å². The molecule has 176 valence electrons. The average molecular weight is 482 g/mol. The summed E-state index contributed by atoms with van der Waals surface area (Å²) in [6, 6.07) is 13.9. The van der Waals surface area contributed by atoms with Crippen LogP contribution >= 0.6 is 24.0 Å². The first-order chi connectivity index (χ1) is 14.7. The Balaban J connectivity index is 0.00000363. The maximum absolute atomic E-state index is 10.7. The van der Waals surface area contributed by atoms with Gasteiger partial charge in [0.1, 0.15) is 18.5 Å². The van der Waals surface area contributed by atoms with E-state index >= 15 is 0 Å². The number of hydrogen-bond donors (Lipinski definition) is 3. The first-order valence-electron chi connectivity index (χ1n) is 10.8. The zero-order valence-corrected chi connectivity index (χ0v) is 20.2. The lowest BCUT2D eigenvalue weighted by Gasteiger charge is -2.30. The molecule has 0 spiro atoms. The van der Waals surface area contributed by atoms with Crippen molar-refractivity contribution in [2.45, 2.75) is 57.6 Å². The van der Waals surface area contributed by atoms with Crippen molar-refractivity contribution >= 4 is 30.0 Å². The molecule has 0 fully saturated rings. The number of aryl methyl sites for hydroxylation is 1. The van der Waals surface area contributed by atoms with Crippen molar-refractivity contribution in [3.8, 4) is 5.75 Å². The molecule has 7 heteroatoms. The van der Waals surface area contributed by atoms with Crippen LogP contribution in [0.5, 0.6) is 5.75 Å². The lowest BCUT2D eigenvalue weighted by Crippen LogP contribution is -2.46. The number of aliphatic carboxylic acids is 1. The predicted octanol–water partition coefficient (Wildman–Crippen LogP) is 4.69. The number of benzene rings is 2. The molecule has 0 amide bonds. The monoisotopic (exact) mass is 481 g/mol. The normalized spacial score (nSPS) is 14.5. The second-order valence-electron chi connectivity index (χ2n) is 9.14. The average Bonchev–Trinajstić information content (AvgIpc) is 3.11. The van der Waals surface area contributed by atoms with E-state index in [2.05, 4.69) is 43.4 Å². The smallest absolute Gasteiger partial charge is 0.303 e. The molecule has 0 bridgehead atoms. The maximum atomic E-state index is 10.7. The minimum atomic E-state index is -0.840. The van der Waals surface area contributed by atoms with Gasteiger partial charge >= 0.3 is 5.97 Å². The molecule has 2 aromatic rings. The predicted molar refractivity (Wildman–Crippen MR) is 130 cm³/mol. The lowest BCUT2D eigenvalue weighted by molar-refractivity contribution is -0.136. The van der Waals surface area contributed by atoms with Crippen molar-refractivity contribution in [2.75, 3.05) is 13.2 Å². The van der Waals surface area contributed by atoms with Crippen LogP contribution in [0.1, 0.15) is 43.4 Å². The molecule has 1 aliphatic rings. The van der Waals surface area contributed by atoms with Gasteiger partial charge < -0.3 is 20.3 Å². The highest BCUT2D eigenvalue weighted by atomic mass is 35.5. The minimum absolute atomic E-state index is 0. The highest BCUT2D eigenvalue weighted by Gasteiger charge is 2.28. The Labute approximate surface area is 201 Å². The van der Waals surface area contributed by atoms with Crippen LogP contribution in [0.4, 0.5) is 0 Å². The van der Waals surface area contributed by atoms with Crippen LogP contribution in [-0.4, -0.2) is 41.0 Å².